The van der Waals surface area contributed by atoms with Crippen molar-refractivity contribution in [1.82, 2.24) is 10.6 Å². The Bertz CT molecular complexity index is 246. The Morgan fingerprint density at radius 1 is 1.53 bits per heavy atom. The average molecular weight is 240 g/mol. The van der Waals surface area contributed by atoms with Gasteiger partial charge >= 0.3 is 0 Å². The van der Waals surface area contributed by atoms with Crippen LogP contribution in [0.4, 0.5) is 0 Å². The molecule has 4 nitrogen and oxygen atoms in total. The first-order valence-corrected chi connectivity index (χ1v) is 6.83. The fraction of sp³-hybridized carbons (Fsp3) is 0.923. The summed E-state index contributed by atoms with van der Waals surface area (Å²) < 4.78 is 5.25. The molecule has 0 aromatic heterocycles. The van der Waals surface area contributed by atoms with Crippen molar-refractivity contribution < 1.29 is 9.53 Å². The molecular weight excluding hydrogens is 216 g/mol. The van der Waals surface area contributed by atoms with Crippen LogP contribution in [0.5, 0.6) is 0 Å². The Hall–Kier alpha value is -0.610. The van der Waals surface area contributed by atoms with Crippen molar-refractivity contribution in [3.05, 3.63) is 0 Å². The maximum atomic E-state index is 11.9. The summed E-state index contributed by atoms with van der Waals surface area (Å²) in [6.45, 7) is 5.87. The molecule has 3 atom stereocenters. The van der Waals surface area contributed by atoms with E-state index in [1.807, 2.05) is 0 Å². The third kappa shape index (κ3) is 3.96. The van der Waals surface area contributed by atoms with Crippen molar-refractivity contribution in [1.29, 1.82) is 0 Å². The molecule has 2 rings (SSSR count). The number of hydrogen-bond acceptors (Lipinski definition) is 3. The zero-order chi connectivity index (χ0) is 12.1. The minimum absolute atomic E-state index is 0.193. The van der Waals surface area contributed by atoms with E-state index < -0.39 is 0 Å². The first kappa shape index (κ1) is 12.8. The highest BCUT2D eigenvalue weighted by Crippen LogP contribution is 2.22. The number of rotatable bonds is 4. The van der Waals surface area contributed by atoms with Gasteiger partial charge in [-0.25, -0.2) is 0 Å². The quantitative estimate of drug-likeness (QED) is 0.768. The van der Waals surface area contributed by atoms with E-state index in [0.29, 0.717) is 24.9 Å². The average Bonchev–Trinajstić information content (AvgIpc) is 2.82. The summed E-state index contributed by atoms with van der Waals surface area (Å²) in [5.41, 5.74) is 0. The minimum atomic E-state index is 0.193. The highest BCUT2D eigenvalue weighted by atomic mass is 16.5. The lowest BCUT2D eigenvalue weighted by atomic mass is 9.85. The summed E-state index contributed by atoms with van der Waals surface area (Å²) in [7, 11) is 0. The van der Waals surface area contributed by atoms with E-state index in [1.165, 1.54) is 12.8 Å². The van der Waals surface area contributed by atoms with Gasteiger partial charge in [0.15, 0.2) is 0 Å². The Morgan fingerprint density at radius 2 is 2.41 bits per heavy atom. The number of carbonyl (C=O) groups is 1. The van der Waals surface area contributed by atoms with Gasteiger partial charge in [-0.3, -0.25) is 4.79 Å². The molecule has 0 aliphatic carbocycles. The Morgan fingerprint density at radius 3 is 3.06 bits per heavy atom. The molecule has 2 fully saturated rings. The van der Waals surface area contributed by atoms with E-state index in [0.717, 1.165) is 26.1 Å². The number of nitrogens with one attached hydrogen (secondary N) is 2. The number of ether oxygens (including phenoxy) is 1. The van der Waals surface area contributed by atoms with Crippen molar-refractivity contribution in [3.63, 3.8) is 0 Å². The Labute approximate surface area is 103 Å². The molecule has 3 unspecified atom stereocenters. The van der Waals surface area contributed by atoms with Crippen LogP contribution in [0.2, 0.25) is 0 Å². The summed E-state index contributed by atoms with van der Waals surface area (Å²) in [6, 6.07) is 0.249. The van der Waals surface area contributed by atoms with Crippen LogP contribution in [0, 0.1) is 11.8 Å². The van der Waals surface area contributed by atoms with E-state index in [9.17, 15) is 4.79 Å². The fourth-order valence-electron chi connectivity index (χ4n) is 2.76. The van der Waals surface area contributed by atoms with Crippen molar-refractivity contribution >= 4 is 5.91 Å². The topological polar surface area (TPSA) is 50.4 Å². The second-order valence-corrected chi connectivity index (χ2v) is 5.42. The number of amides is 1. The summed E-state index contributed by atoms with van der Waals surface area (Å²) in [5.74, 6) is 1.33. The Kier molecular flexibility index (Phi) is 4.80. The SMILES string of the molecule is CC(CC(=O)NC1CCOC1)C1CCCNC1. The molecule has 2 saturated heterocycles. The van der Waals surface area contributed by atoms with Crippen molar-refractivity contribution in [2.75, 3.05) is 26.3 Å². The lowest BCUT2D eigenvalue weighted by Gasteiger charge is -2.28. The lowest BCUT2D eigenvalue weighted by molar-refractivity contribution is -0.123. The van der Waals surface area contributed by atoms with Crippen LogP contribution in [-0.2, 0) is 9.53 Å². The van der Waals surface area contributed by atoms with Gasteiger partial charge in [-0.15, -0.1) is 0 Å². The van der Waals surface area contributed by atoms with Gasteiger partial charge in [0.25, 0.3) is 0 Å². The molecule has 1 amide bonds. The molecule has 0 aromatic rings. The zero-order valence-corrected chi connectivity index (χ0v) is 10.7. The number of piperidine rings is 1. The molecule has 2 N–H and O–H groups in total. The predicted octanol–water partition coefficient (Wildman–Crippen LogP) is 0.917. The largest absolute Gasteiger partial charge is 0.379 e. The highest BCUT2D eigenvalue weighted by molar-refractivity contribution is 5.76. The summed E-state index contributed by atoms with van der Waals surface area (Å²) in [5, 5.41) is 6.47. The zero-order valence-electron chi connectivity index (χ0n) is 10.7. The second-order valence-electron chi connectivity index (χ2n) is 5.42. The van der Waals surface area contributed by atoms with Gasteiger partial charge in [0.2, 0.25) is 5.91 Å². The van der Waals surface area contributed by atoms with Gasteiger partial charge in [0, 0.05) is 13.0 Å². The molecular formula is C13H24N2O2. The number of carbonyl (C=O) groups excluding carboxylic acids is 1. The van der Waals surface area contributed by atoms with Crippen LogP contribution < -0.4 is 10.6 Å². The van der Waals surface area contributed by atoms with Crippen LogP contribution in [-0.4, -0.2) is 38.3 Å². The molecule has 17 heavy (non-hydrogen) atoms. The molecule has 4 heteroatoms. The Balaban J connectivity index is 1.69. The van der Waals surface area contributed by atoms with Crippen molar-refractivity contribution in [2.45, 2.75) is 38.6 Å². The van der Waals surface area contributed by atoms with Crippen molar-refractivity contribution in [2.24, 2.45) is 11.8 Å². The summed E-state index contributed by atoms with van der Waals surface area (Å²) in [6.07, 6.45) is 4.12. The minimum Gasteiger partial charge on any atom is -0.379 e. The van der Waals surface area contributed by atoms with Gasteiger partial charge in [0.1, 0.15) is 0 Å². The molecule has 2 aliphatic heterocycles. The lowest BCUT2D eigenvalue weighted by Crippen LogP contribution is -2.38. The first-order valence-electron chi connectivity index (χ1n) is 6.83. The fourth-order valence-corrected chi connectivity index (χ4v) is 2.76. The van der Waals surface area contributed by atoms with Gasteiger partial charge in [-0.1, -0.05) is 6.92 Å². The normalized spacial score (nSPS) is 31.1. The van der Waals surface area contributed by atoms with Gasteiger partial charge < -0.3 is 15.4 Å². The molecule has 2 heterocycles. The first-order chi connectivity index (χ1) is 8.25. The van der Waals surface area contributed by atoms with Crippen LogP contribution in [0.15, 0.2) is 0 Å². The molecule has 0 saturated carbocycles. The van der Waals surface area contributed by atoms with Gasteiger partial charge in [-0.05, 0) is 44.2 Å². The molecule has 2 aliphatic rings. The molecule has 0 aromatic carbocycles. The molecule has 0 spiro atoms. The number of hydrogen-bond donors (Lipinski definition) is 2. The highest BCUT2D eigenvalue weighted by Gasteiger charge is 2.24. The maximum Gasteiger partial charge on any atom is 0.220 e. The van der Waals surface area contributed by atoms with Crippen LogP contribution in [0.25, 0.3) is 0 Å². The van der Waals surface area contributed by atoms with Gasteiger partial charge in [0.05, 0.1) is 12.6 Å². The molecule has 0 radical (unpaired) electrons. The van der Waals surface area contributed by atoms with Crippen LogP contribution >= 0.6 is 0 Å². The van der Waals surface area contributed by atoms with Crippen LogP contribution in [0.3, 0.4) is 0 Å². The molecule has 0 bridgehead atoms. The van der Waals surface area contributed by atoms with Gasteiger partial charge in [-0.2, -0.15) is 0 Å². The van der Waals surface area contributed by atoms with E-state index in [2.05, 4.69) is 17.6 Å². The van der Waals surface area contributed by atoms with Crippen molar-refractivity contribution in [3.8, 4) is 0 Å². The monoisotopic (exact) mass is 240 g/mol. The van der Waals surface area contributed by atoms with E-state index >= 15 is 0 Å². The van der Waals surface area contributed by atoms with Crippen LogP contribution in [0.1, 0.15) is 32.6 Å². The summed E-state index contributed by atoms with van der Waals surface area (Å²) >= 11 is 0. The molecule has 98 valence electrons. The van der Waals surface area contributed by atoms with E-state index in [4.69, 9.17) is 4.74 Å². The smallest absolute Gasteiger partial charge is 0.220 e. The standard InChI is InChI=1S/C13H24N2O2/c1-10(11-3-2-5-14-8-11)7-13(16)15-12-4-6-17-9-12/h10-12,14H,2-9H2,1H3,(H,15,16). The third-order valence-electron chi connectivity index (χ3n) is 3.94. The maximum absolute atomic E-state index is 11.9. The third-order valence-corrected chi connectivity index (χ3v) is 3.94. The summed E-state index contributed by atoms with van der Waals surface area (Å²) in [4.78, 5) is 11.9. The van der Waals surface area contributed by atoms with E-state index in [1.54, 1.807) is 0 Å². The predicted molar refractivity (Wildman–Crippen MR) is 66.7 cm³/mol. The van der Waals surface area contributed by atoms with E-state index in [-0.39, 0.29) is 11.9 Å². The second kappa shape index (κ2) is 6.36.